The van der Waals surface area contributed by atoms with E-state index in [4.69, 9.17) is 11.6 Å². The van der Waals surface area contributed by atoms with Gasteiger partial charge in [-0.05, 0) is 13.0 Å². The summed E-state index contributed by atoms with van der Waals surface area (Å²) in [6.45, 7) is 2.00. The maximum absolute atomic E-state index is 6.06. The molecule has 3 aromatic rings. The predicted molar refractivity (Wildman–Crippen MR) is 60.5 cm³/mol. The molecule has 0 spiro atoms. The molecule has 0 aliphatic heterocycles. The van der Waals surface area contributed by atoms with Crippen LogP contribution in [0.1, 0.15) is 4.88 Å². The Morgan fingerprint density at radius 1 is 1.31 bits per heavy atom. The van der Waals surface area contributed by atoms with E-state index < -0.39 is 0 Å². The maximum Gasteiger partial charge on any atom is 0.240 e. The van der Waals surface area contributed by atoms with Crippen LogP contribution in [-0.2, 0) is 0 Å². The molecule has 0 saturated heterocycles. The van der Waals surface area contributed by atoms with Crippen LogP contribution in [0, 0.1) is 6.92 Å². The van der Waals surface area contributed by atoms with Gasteiger partial charge < -0.3 is 4.52 Å². The van der Waals surface area contributed by atoms with E-state index in [-0.39, 0.29) is 0 Å². The molecule has 3 rings (SSSR count). The molecule has 0 unspecified atom stereocenters. The summed E-state index contributed by atoms with van der Waals surface area (Å²) >= 11 is 7.62. The zero-order valence-corrected chi connectivity index (χ0v) is 9.71. The van der Waals surface area contributed by atoms with E-state index in [1.807, 2.05) is 13.0 Å². The first-order chi connectivity index (χ1) is 7.74. The highest BCUT2D eigenvalue weighted by molar-refractivity contribution is 7.18. The van der Waals surface area contributed by atoms with Crippen molar-refractivity contribution in [2.75, 3.05) is 0 Å². The molecule has 0 bridgehead atoms. The Bertz CT molecular complexity index is 649. The number of aromatic nitrogens is 4. The van der Waals surface area contributed by atoms with Gasteiger partial charge in [-0.2, -0.15) is 4.98 Å². The van der Waals surface area contributed by atoms with E-state index in [0.717, 1.165) is 15.1 Å². The van der Waals surface area contributed by atoms with Crippen LogP contribution in [0.25, 0.3) is 21.9 Å². The highest BCUT2D eigenvalue weighted by Gasteiger charge is 2.12. The number of nitrogens with zero attached hydrogens (tertiary/aromatic N) is 4. The lowest BCUT2D eigenvalue weighted by Crippen LogP contribution is -1.91. The Kier molecular flexibility index (Phi) is 2.12. The Labute approximate surface area is 99.1 Å². The van der Waals surface area contributed by atoms with Crippen LogP contribution in [0.2, 0.25) is 5.15 Å². The normalized spacial score (nSPS) is 11.1. The summed E-state index contributed by atoms with van der Waals surface area (Å²) in [4.78, 5) is 14.3. The lowest BCUT2D eigenvalue weighted by Gasteiger charge is -1.95. The van der Waals surface area contributed by atoms with Crippen molar-refractivity contribution >= 4 is 33.2 Å². The molecule has 5 nitrogen and oxygen atoms in total. The molecule has 0 atom stereocenters. The van der Waals surface area contributed by atoms with Crippen LogP contribution in [-0.4, -0.2) is 20.1 Å². The van der Waals surface area contributed by atoms with Gasteiger partial charge in [0.05, 0.1) is 0 Å². The predicted octanol–water partition coefficient (Wildman–Crippen LogP) is 2.70. The van der Waals surface area contributed by atoms with E-state index in [1.165, 1.54) is 6.39 Å². The zero-order valence-electron chi connectivity index (χ0n) is 8.14. The number of fused-ring (bicyclic) bond motifs is 1. The summed E-state index contributed by atoms with van der Waals surface area (Å²) in [5.74, 6) is 0.725. The molecular weight excluding hydrogens is 248 g/mol. The van der Waals surface area contributed by atoms with Crippen molar-refractivity contribution in [3.05, 3.63) is 22.5 Å². The zero-order chi connectivity index (χ0) is 11.1. The Balaban J connectivity index is 2.28. The van der Waals surface area contributed by atoms with E-state index in [1.54, 1.807) is 11.3 Å². The highest BCUT2D eigenvalue weighted by atomic mass is 35.5. The molecule has 0 amide bonds. The lowest BCUT2D eigenvalue weighted by atomic mass is 10.4. The van der Waals surface area contributed by atoms with Crippen LogP contribution < -0.4 is 0 Å². The van der Waals surface area contributed by atoms with Gasteiger partial charge in [0.1, 0.15) is 9.98 Å². The summed E-state index contributed by atoms with van der Waals surface area (Å²) in [6, 6.07) is 1.96. The van der Waals surface area contributed by atoms with Gasteiger partial charge in [0.2, 0.25) is 18.0 Å². The van der Waals surface area contributed by atoms with Crippen LogP contribution in [0.4, 0.5) is 0 Å². The molecule has 0 fully saturated rings. The van der Waals surface area contributed by atoms with E-state index in [9.17, 15) is 0 Å². The average molecular weight is 253 g/mol. The number of thiophene rings is 1. The Morgan fingerprint density at radius 3 is 2.94 bits per heavy atom. The fourth-order valence-electron chi connectivity index (χ4n) is 1.38. The first kappa shape index (κ1) is 9.68. The summed E-state index contributed by atoms with van der Waals surface area (Å²) in [5, 5.41) is 4.95. The third-order valence-electron chi connectivity index (χ3n) is 2.03. The molecule has 16 heavy (non-hydrogen) atoms. The van der Waals surface area contributed by atoms with Crippen molar-refractivity contribution in [1.29, 1.82) is 0 Å². The van der Waals surface area contributed by atoms with Gasteiger partial charge in [-0.1, -0.05) is 16.8 Å². The summed E-state index contributed by atoms with van der Waals surface area (Å²) in [5.41, 5.74) is 0. The highest BCUT2D eigenvalue weighted by Crippen LogP contribution is 2.29. The minimum Gasteiger partial charge on any atom is -0.342 e. The largest absolute Gasteiger partial charge is 0.342 e. The van der Waals surface area contributed by atoms with Gasteiger partial charge in [0, 0.05) is 10.3 Å². The molecular formula is C9H5ClN4OS. The third-order valence-corrected chi connectivity index (χ3v) is 3.26. The van der Waals surface area contributed by atoms with E-state index in [0.29, 0.717) is 16.8 Å². The molecule has 0 aliphatic carbocycles. The minimum absolute atomic E-state index is 0.342. The van der Waals surface area contributed by atoms with Gasteiger partial charge in [-0.25, -0.2) is 9.97 Å². The number of hydrogen-bond donors (Lipinski definition) is 0. The van der Waals surface area contributed by atoms with Gasteiger partial charge >= 0.3 is 0 Å². The molecule has 3 heterocycles. The summed E-state index contributed by atoms with van der Waals surface area (Å²) < 4.78 is 4.65. The van der Waals surface area contributed by atoms with Gasteiger partial charge in [-0.15, -0.1) is 11.3 Å². The summed E-state index contributed by atoms with van der Waals surface area (Å²) in [6.07, 6.45) is 1.23. The standard InChI is InChI=1S/C9H5ClN4OS/c1-4-2-5-6(10)12-8(13-9(5)16-4)7-11-3-15-14-7/h2-3H,1H3. The number of aryl methyl sites for hydroxylation is 1. The second-order valence-corrected chi connectivity index (χ2v) is 4.76. The van der Waals surface area contributed by atoms with Crippen LogP contribution in [0.15, 0.2) is 17.0 Å². The second kappa shape index (κ2) is 3.50. The number of rotatable bonds is 1. The molecule has 0 aliphatic rings. The lowest BCUT2D eigenvalue weighted by molar-refractivity contribution is 0.418. The van der Waals surface area contributed by atoms with Crippen LogP contribution in [0.5, 0.6) is 0 Å². The van der Waals surface area contributed by atoms with Gasteiger partial charge in [0.15, 0.2) is 0 Å². The summed E-state index contributed by atoms with van der Waals surface area (Å²) in [7, 11) is 0. The minimum atomic E-state index is 0.342. The topological polar surface area (TPSA) is 64.7 Å². The fraction of sp³-hybridized carbons (Fsp3) is 0.111. The quantitative estimate of drug-likeness (QED) is 0.623. The number of halogens is 1. The second-order valence-electron chi connectivity index (χ2n) is 3.17. The maximum atomic E-state index is 6.06. The molecule has 0 saturated carbocycles. The average Bonchev–Trinajstić information content (AvgIpc) is 2.84. The van der Waals surface area contributed by atoms with E-state index in [2.05, 4.69) is 24.6 Å². The molecule has 7 heteroatoms. The van der Waals surface area contributed by atoms with Crippen LogP contribution in [0.3, 0.4) is 0 Å². The van der Waals surface area contributed by atoms with E-state index >= 15 is 0 Å². The van der Waals surface area contributed by atoms with Crippen LogP contribution >= 0.6 is 22.9 Å². The SMILES string of the molecule is Cc1cc2c(Cl)nc(-c3ncon3)nc2s1. The molecule has 0 aromatic carbocycles. The number of hydrogen-bond acceptors (Lipinski definition) is 6. The molecule has 80 valence electrons. The Morgan fingerprint density at radius 2 is 2.19 bits per heavy atom. The molecule has 3 aromatic heterocycles. The van der Waals surface area contributed by atoms with Crippen molar-refractivity contribution < 1.29 is 4.52 Å². The van der Waals surface area contributed by atoms with Crippen molar-refractivity contribution in [1.82, 2.24) is 20.1 Å². The first-order valence-corrected chi connectivity index (χ1v) is 5.64. The monoisotopic (exact) mass is 252 g/mol. The Hall–Kier alpha value is -1.53. The van der Waals surface area contributed by atoms with Gasteiger partial charge in [0.25, 0.3) is 0 Å². The smallest absolute Gasteiger partial charge is 0.240 e. The van der Waals surface area contributed by atoms with Gasteiger partial charge in [-0.3, -0.25) is 0 Å². The van der Waals surface area contributed by atoms with Crippen molar-refractivity contribution in [2.45, 2.75) is 6.92 Å². The van der Waals surface area contributed by atoms with Crippen molar-refractivity contribution in [2.24, 2.45) is 0 Å². The first-order valence-electron chi connectivity index (χ1n) is 4.44. The fourth-order valence-corrected chi connectivity index (χ4v) is 2.54. The molecule has 0 radical (unpaired) electrons. The molecule has 0 N–H and O–H groups in total. The third kappa shape index (κ3) is 1.46. The van der Waals surface area contributed by atoms with Crippen molar-refractivity contribution in [3.63, 3.8) is 0 Å². The van der Waals surface area contributed by atoms with Crippen molar-refractivity contribution in [3.8, 4) is 11.6 Å².